The average molecular weight is 356 g/mol. The monoisotopic (exact) mass is 355 g/mol. The largest absolute Gasteiger partial charge is 0.481 e. The Labute approximate surface area is 143 Å². The van der Waals surface area contributed by atoms with E-state index in [1.807, 2.05) is 0 Å². The van der Waals surface area contributed by atoms with Gasteiger partial charge in [-0.3, -0.25) is 9.79 Å². The number of hydrogen-bond donors (Lipinski definition) is 1. The van der Waals surface area contributed by atoms with Crippen molar-refractivity contribution in [3.05, 3.63) is 45.1 Å². The topological polar surface area (TPSA) is 76.0 Å². The fourth-order valence-electron chi connectivity index (χ4n) is 2.82. The molecular formula is C16H15Cl2NO4. The molecule has 0 bridgehead atoms. The van der Waals surface area contributed by atoms with Crippen LogP contribution in [0.15, 0.2) is 34.5 Å². The Morgan fingerprint density at radius 2 is 1.91 bits per heavy atom. The summed E-state index contributed by atoms with van der Waals surface area (Å²) in [5, 5.41) is 10.3. The van der Waals surface area contributed by atoms with Crippen LogP contribution < -0.4 is 0 Å². The predicted octanol–water partition coefficient (Wildman–Crippen LogP) is 3.70. The lowest BCUT2D eigenvalue weighted by Crippen LogP contribution is -2.35. The number of carboxylic acid groups (broad SMARTS) is 1. The van der Waals surface area contributed by atoms with Crippen LogP contribution in [0.1, 0.15) is 25.3 Å². The van der Waals surface area contributed by atoms with Crippen LogP contribution in [0.5, 0.6) is 0 Å². The first-order valence-electron chi connectivity index (χ1n) is 6.80. The molecule has 1 aromatic rings. The van der Waals surface area contributed by atoms with Crippen molar-refractivity contribution in [2.24, 2.45) is 10.9 Å². The van der Waals surface area contributed by atoms with Crippen LogP contribution in [-0.2, 0) is 14.3 Å². The predicted molar refractivity (Wildman–Crippen MR) is 88.2 cm³/mol. The minimum absolute atomic E-state index is 0.190. The molecule has 0 saturated heterocycles. The summed E-state index contributed by atoms with van der Waals surface area (Å²) in [4.78, 5) is 28.2. The van der Waals surface area contributed by atoms with E-state index in [0.717, 1.165) is 0 Å². The molecule has 1 aliphatic rings. The van der Waals surface area contributed by atoms with Crippen LogP contribution in [0.2, 0.25) is 10.0 Å². The van der Waals surface area contributed by atoms with E-state index in [2.05, 4.69) is 4.99 Å². The summed E-state index contributed by atoms with van der Waals surface area (Å²) in [6.45, 7) is 3.26. The summed E-state index contributed by atoms with van der Waals surface area (Å²) in [5.41, 5.74) is 1.51. The third-order valence-corrected chi connectivity index (χ3v) is 4.36. The molecule has 23 heavy (non-hydrogen) atoms. The summed E-state index contributed by atoms with van der Waals surface area (Å²) in [5.74, 6) is -3.51. The van der Waals surface area contributed by atoms with Crippen molar-refractivity contribution in [1.82, 2.24) is 0 Å². The van der Waals surface area contributed by atoms with E-state index >= 15 is 0 Å². The highest BCUT2D eigenvalue weighted by Crippen LogP contribution is 2.42. The van der Waals surface area contributed by atoms with Gasteiger partial charge in [0.25, 0.3) is 0 Å². The van der Waals surface area contributed by atoms with Gasteiger partial charge in [-0.25, -0.2) is 4.79 Å². The third kappa shape index (κ3) is 3.26. The smallest absolute Gasteiger partial charge is 0.336 e. The van der Waals surface area contributed by atoms with E-state index in [4.69, 9.17) is 27.9 Å². The second kappa shape index (κ2) is 6.72. The highest BCUT2D eigenvalue weighted by molar-refractivity contribution is 6.35. The van der Waals surface area contributed by atoms with Crippen molar-refractivity contribution in [2.45, 2.75) is 19.8 Å². The number of benzene rings is 1. The van der Waals surface area contributed by atoms with Gasteiger partial charge in [0.2, 0.25) is 0 Å². The van der Waals surface area contributed by atoms with E-state index in [9.17, 15) is 14.7 Å². The summed E-state index contributed by atoms with van der Waals surface area (Å²) >= 11 is 12.2. The number of carbonyl (C=O) groups excluding carboxylic acids is 1. The number of halogens is 2. The molecule has 0 aromatic heterocycles. The van der Waals surface area contributed by atoms with E-state index < -0.39 is 23.8 Å². The molecule has 1 heterocycles. The molecule has 0 saturated carbocycles. The quantitative estimate of drug-likeness (QED) is 0.838. The lowest BCUT2D eigenvalue weighted by molar-refractivity contribution is -0.140. The van der Waals surface area contributed by atoms with Gasteiger partial charge in [-0.1, -0.05) is 29.3 Å². The molecule has 0 spiro atoms. The Kier molecular flexibility index (Phi) is 5.12. The molecule has 1 aromatic carbocycles. The first-order chi connectivity index (χ1) is 10.8. The lowest BCUT2D eigenvalue weighted by atomic mass is 9.75. The molecule has 122 valence electrons. The van der Waals surface area contributed by atoms with Gasteiger partial charge >= 0.3 is 11.9 Å². The normalized spacial score (nSPS) is 21.0. The zero-order chi connectivity index (χ0) is 17.3. The van der Waals surface area contributed by atoms with E-state index in [1.165, 1.54) is 13.2 Å². The maximum Gasteiger partial charge on any atom is 0.336 e. The molecule has 0 radical (unpaired) electrons. The molecule has 5 nitrogen and oxygen atoms in total. The van der Waals surface area contributed by atoms with Gasteiger partial charge in [0.1, 0.15) is 5.92 Å². The number of methoxy groups -OCH3 is 1. The Hall–Kier alpha value is -1.85. The number of esters is 1. The van der Waals surface area contributed by atoms with Crippen molar-refractivity contribution >= 4 is 40.9 Å². The van der Waals surface area contributed by atoms with Gasteiger partial charge in [-0.15, -0.1) is 0 Å². The van der Waals surface area contributed by atoms with E-state index in [-0.39, 0.29) is 10.6 Å². The number of carbonyl (C=O) groups is 2. The van der Waals surface area contributed by atoms with Crippen LogP contribution in [0, 0.1) is 5.92 Å². The van der Waals surface area contributed by atoms with Crippen LogP contribution in [-0.4, -0.2) is 29.9 Å². The molecule has 1 aliphatic heterocycles. The molecule has 0 aliphatic carbocycles. The van der Waals surface area contributed by atoms with Gasteiger partial charge in [-0.05, 0) is 31.5 Å². The molecular weight excluding hydrogens is 341 g/mol. The van der Waals surface area contributed by atoms with Crippen LogP contribution in [0.3, 0.4) is 0 Å². The van der Waals surface area contributed by atoms with Gasteiger partial charge < -0.3 is 9.84 Å². The second-order valence-corrected chi connectivity index (χ2v) is 6.05. The van der Waals surface area contributed by atoms with Crippen molar-refractivity contribution in [2.75, 3.05) is 7.11 Å². The highest BCUT2D eigenvalue weighted by atomic mass is 35.5. The summed E-state index contributed by atoms with van der Waals surface area (Å²) < 4.78 is 4.81. The summed E-state index contributed by atoms with van der Waals surface area (Å²) in [6, 6.07) is 4.75. The third-order valence-electron chi connectivity index (χ3n) is 3.80. The van der Waals surface area contributed by atoms with Crippen molar-refractivity contribution < 1.29 is 19.4 Å². The Morgan fingerprint density at radius 1 is 1.26 bits per heavy atom. The number of nitrogens with zero attached hydrogens (tertiary/aromatic N) is 1. The molecule has 1 unspecified atom stereocenters. The van der Waals surface area contributed by atoms with Gasteiger partial charge in [0.05, 0.1) is 12.7 Å². The second-order valence-electron chi connectivity index (χ2n) is 5.20. The standard InChI is InChI=1S/C16H15Cl2NO4/c1-7-12(15(20)21)14(10-5-4-9(17)6-11(10)18)13(8(2)19-7)16(22)23-3/h4-6,12,14H,1-3H3,(H,20,21)/t12?,14-/m1/s1. The number of allylic oxidation sites excluding steroid dienone is 1. The average Bonchev–Trinajstić information content (AvgIpc) is 2.45. The number of rotatable bonds is 3. The molecule has 1 N–H and O–H groups in total. The van der Waals surface area contributed by atoms with Crippen LogP contribution >= 0.6 is 23.2 Å². The number of ether oxygens (including phenoxy) is 1. The Bertz CT molecular complexity index is 740. The molecule has 7 heteroatoms. The highest BCUT2D eigenvalue weighted by Gasteiger charge is 2.42. The molecule has 0 amide bonds. The summed E-state index contributed by atoms with van der Waals surface area (Å²) in [6.07, 6.45) is 0. The lowest BCUT2D eigenvalue weighted by Gasteiger charge is -2.30. The van der Waals surface area contributed by atoms with Crippen molar-refractivity contribution in [3.8, 4) is 0 Å². The van der Waals surface area contributed by atoms with E-state index in [1.54, 1.807) is 26.0 Å². The van der Waals surface area contributed by atoms with Gasteiger partial charge in [-0.2, -0.15) is 0 Å². The Balaban J connectivity index is 2.72. The minimum atomic E-state index is -1.09. The Morgan fingerprint density at radius 3 is 2.43 bits per heavy atom. The van der Waals surface area contributed by atoms with Gasteiger partial charge in [0.15, 0.2) is 0 Å². The van der Waals surface area contributed by atoms with Crippen LogP contribution in [0.4, 0.5) is 0 Å². The van der Waals surface area contributed by atoms with Crippen molar-refractivity contribution in [3.63, 3.8) is 0 Å². The van der Waals surface area contributed by atoms with Crippen LogP contribution in [0.25, 0.3) is 0 Å². The zero-order valence-electron chi connectivity index (χ0n) is 12.8. The fourth-order valence-corrected chi connectivity index (χ4v) is 3.35. The number of aliphatic carboxylic acids is 1. The zero-order valence-corrected chi connectivity index (χ0v) is 14.3. The molecule has 2 rings (SSSR count). The fraction of sp³-hybridized carbons (Fsp3) is 0.312. The van der Waals surface area contributed by atoms with Gasteiger partial charge in [0, 0.05) is 27.4 Å². The maximum atomic E-state index is 12.2. The first kappa shape index (κ1) is 17.5. The number of hydrogen-bond acceptors (Lipinski definition) is 4. The SMILES string of the molecule is COC(=O)C1=C(C)N=C(C)C(C(=O)O)[C@H]1c1ccc(Cl)cc1Cl. The number of carboxylic acids is 1. The summed E-state index contributed by atoms with van der Waals surface area (Å²) in [7, 11) is 1.24. The minimum Gasteiger partial charge on any atom is -0.481 e. The molecule has 0 fully saturated rings. The maximum absolute atomic E-state index is 12.2. The van der Waals surface area contributed by atoms with Crippen molar-refractivity contribution in [1.29, 1.82) is 0 Å². The number of aliphatic imine (C=N–C) groups is 1. The first-order valence-corrected chi connectivity index (χ1v) is 7.55. The molecule has 2 atom stereocenters. The van der Waals surface area contributed by atoms with E-state index in [0.29, 0.717) is 22.0 Å².